The van der Waals surface area contributed by atoms with Crippen LogP contribution >= 0.6 is 24.0 Å². The quantitative estimate of drug-likeness (QED) is 0.670. The average molecular weight is 281 g/mol. The van der Waals surface area contributed by atoms with E-state index in [1.54, 1.807) is 12.1 Å². The lowest BCUT2D eigenvalue weighted by molar-refractivity contribution is 0.475. The van der Waals surface area contributed by atoms with Crippen molar-refractivity contribution in [1.82, 2.24) is 10.2 Å². The van der Waals surface area contributed by atoms with Gasteiger partial charge < -0.3 is 10.0 Å². The van der Waals surface area contributed by atoms with Crippen LogP contribution in [0.4, 0.5) is 16.0 Å². The Hall–Kier alpha value is -1.67. The molecule has 0 saturated heterocycles. The van der Waals surface area contributed by atoms with Crippen LogP contribution in [-0.4, -0.2) is 29.4 Å². The molecular formula is C10H11N5OS2. The van der Waals surface area contributed by atoms with E-state index in [0.29, 0.717) is 15.7 Å². The predicted octanol–water partition coefficient (Wildman–Crippen LogP) is 3.01. The molecule has 1 aromatic carbocycles. The SMILES string of the molecule is CN(C)c1nnc(/N=N/c2c(O)cccc2S)s1. The molecule has 0 amide bonds. The molecule has 1 aromatic heterocycles. The molecule has 0 radical (unpaired) electrons. The summed E-state index contributed by atoms with van der Waals surface area (Å²) in [5.41, 5.74) is 0.322. The number of aromatic nitrogens is 2. The first-order chi connectivity index (χ1) is 8.58. The third kappa shape index (κ3) is 2.77. The molecule has 0 aliphatic rings. The van der Waals surface area contributed by atoms with Gasteiger partial charge in [0.25, 0.3) is 5.13 Å². The number of phenols is 1. The van der Waals surface area contributed by atoms with Gasteiger partial charge in [0.2, 0.25) is 5.13 Å². The van der Waals surface area contributed by atoms with E-state index in [9.17, 15) is 5.11 Å². The van der Waals surface area contributed by atoms with Crippen molar-refractivity contribution in [2.75, 3.05) is 19.0 Å². The molecule has 0 atom stereocenters. The summed E-state index contributed by atoms with van der Waals surface area (Å²) in [6.45, 7) is 0. The van der Waals surface area contributed by atoms with Crippen molar-refractivity contribution in [2.45, 2.75) is 4.90 Å². The number of benzene rings is 1. The van der Waals surface area contributed by atoms with Crippen molar-refractivity contribution in [2.24, 2.45) is 10.2 Å². The van der Waals surface area contributed by atoms with Gasteiger partial charge in [-0.1, -0.05) is 17.4 Å². The van der Waals surface area contributed by atoms with Crippen LogP contribution in [0.15, 0.2) is 33.3 Å². The topological polar surface area (TPSA) is 74.0 Å². The van der Waals surface area contributed by atoms with Crippen molar-refractivity contribution in [3.05, 3.63) is 18.2 Å². The zero-order chi connectivity index (χ0) is 13.1. The average Bonchev–Trinajstić information content (AvgIpc) is 2.77. The van der Waals surface area contributed by atoms with Crippen LogP contribution in [0.25, 0.3) is 0 Å². The van der Waals surface area contributed by atoms with Gasteiger partial charge in [0.1, 0.15) is 11.4 Å². The monoisotopic (exact) mass is 281 g/mol. The first kappa shape index (κ1) is 12.8. The molecule has 0 saturated carbocycles. The molecule has 0 bridgehead atoms. The highest BCUT2D eigenvalue weighted by Gasteiger charge is 2.06. The summed E-state index contributed by atoms with van der Waals surface area (Å²) in [4.78, 5) is 2.39. The highest BCUT2D eigenvalue weighted by Crippen LogP contribution is 2.34. The van der Waals surface area contributed by atoms with Gasteiger partial charge in [0, 0.05) is 19.0 Å². The fourth-order valence-electron chi connectivity index (χ4n) is 1.14. The summed E-state index contributed by atoms with van der Waals surface area (Å²) < 4.78 is 0. The van der Waals surface area contributed by atoms with Crippen LogP contribution in [-0.2, 0) is 0 Å². The van der Waals surface area contributed by atoms with Crippen LogP contribution in [0.5, 0.6) is 5.75 Å². The molecule has 0 aliphatic heterocycles. The van der Waals surface area contributed by atoms with Gasteiger partial charge in [0.15, 0.2) is 0 Å². The summed E-state index contributed by atoms with van der Waals surface area (Å²) in [6, 6.07) is 4.94. The number of rotatable bonds is 3. The van der Waals surface area contributed by atoms with E-state index in [1.165, 1.54) is 17.4 Å². The largest absolute Gasteiger partial charge is 0.506 e. The second-order valence-electron chi connectivity index (χ2n) is 3.61. The Bertz CT molecular complexity index is 561. The third-order valence-electron chi connectivity index (χ3n) is 2.02. The molecule has 6 nitrogen and oxygen atoms in total. The Morgan fingerprint density at radius 3 is 2.67 bits per heavy atom. The third-order valence-corrected chi connectivity index (χ3v) is 3.35. The van der Waals surface area contributed by atoms with E-state index < -0.39 is 0 Å². The molecule has 94 valence electrons. The second-order valence-corrected chi connectivity index (χ2v) is 5.02. The van der Waals surface area contributed by atoms with Crippen LogP contribution in [0, 0.1) is 0 Å². The van der Waals surface area contributed by atoms with Crippen molar-refractivity contribution in [3.63, 3.8) is 0 Å². The molecule has 0 fully saturated rings. The Morgan fingerprint density at radius 2 is 2.06 bits per heavy atom. The second kappa shape index (κ2) is 5.32. The van der Waals surface area contributed by atoms with Crippen molar-refractivity contribution in [1.29, 1.82) is 0 Å². The summed E-state index contributed by atoms with van der Waals surface area (Å²) >= 11 is 5.51. The van der Waals surface area contributed by atoms with E-state index in [0.717, 1.165) is 5.13 Å². The molecule has 2 rings (SSSR count). The van der Waals surface area contributed by atoms with E-state index >= 15 is 0 Å². The van der Waals surface area contributed by atoms with Crippen molar-refractivity contribution < 1.29 is 5.11 Å². The molecule has 0 unspecified atom stereocenters. The number of azo groups is 1. The van der Waals surface area contributed by atoms with Gasteiger partial charge in [-0.2, -0.15) is 0 Å². The first-order valence-corrected chi connectivity index (χ1v) is 6.28. The van der Waals surface area contributed by atoms with Gasteiger partial charge in [-0.15, -0.1) is 33.1 Å². The number of anilines is 1. The summed E-state index contributed by atoms with van der Waals surface area (Å²) in [7, 11) is 3.74. The minimum atomic E-state index is 0.0311. The normalized spacial score (nSPS) is 11.1. The van der Waals surface area contributed by atoms with Gasteiger partial charge in [0.05, 0.1) is 0 Å². The first-order valence-electron chi connectivity index (χ1n) is 5.01. The number of thiol groups is 1. The van der Waals surface area contributed by atoms with E-state index in [-0.39, 0.29) is 5.75 Å². The highest BCUT2D eigenvalue weighted by atomic mass is 32.1. The number of aromatic hydroxyl groups is 1. The molecular weight excluding hydrogens is 270 g/mol. The molecule has 0 aliphatic carbocycles. The number of phenolic OH excluding ortho intramolecular Hbond substituents is 1. The fraction of sp³-hybridized carbons (Fsp3) is 0.200. The number of hydrogen-bond donors (Lipinski definition) is 2. The Kier molecular flexibility index (Phi) is 3.78. The van der Waals surface area contributed by atoms with Crippen LogP contribution in [0.2, 0.25) is 0 Å². The molecule has 1 heterocycles. The maximum atomic E-state index is 9.62. The molecule has 18 heavy (non-hydrogen) atoms. The van der Waals surface area contributed by atoms with E-state index in [2.05, 4.69) is 33.1 Å². The molecule has 1 N–H and O–H groups in total. The molecule has 8 heteroatoms. The van der Waals surface area contributed by atoms with Crippen LogP contribution in [0.3, 0.4) is 0 Å². The summed E-state index contributed by atoms with van der Waals surface area (Å²) in [6.07, 6.45) is 0. The number of hydrogen-bond acceptors (Lipinski definition) is 8. The zero-order valence-electron chi connectivity index (χ0n) is 9.77. The van der Waals surface area contributed by atoms with E-state index in [4.69, 9.17) is 0 Å². The smallest absolute Gasteiger partial charge is 0.253 e. The molecule has 0 spiro atoms. The van der Waals surface area contributed by atoms with Crippen molar-refractivity contribution >= 4 is 39.9 Å². The highest BCUT2D eigenvalue weighted by molar-refractivity contribution is 7.80. The van der Waals surface area contributed by atoms with E-state index in [1.807, 2.05) is 19.0 Å². The van der Waals surface area contributed by atoms with Gasteiger partial charge >= 0.3 is 0 Å². The minimum Gasteiger partial charge on any atom is -0.506 e. The lowest BCUT2D eigenvalue weighted by Crippen LogP contribution is -2.07. The predicted molar refractivity (Wildman–Crippen MR) is 73.8 cm³/mol. The van der Waals surface area contributed by atoms with Crippen LogP contribution < -0.4 is 4.90 Å². The fourth-order valence-corrected chi connectivity index (χ4v) is 1.98. The van der Waals surface area contributed by atoms with Crippen LogP contribution in [0.1, 0.15) is 0 Å². The van der Waals surface area contributed by atoms with Crippen molar-refractivity contribution in [3.8, 4) is 5.75 Å². The standard InChI is InChI=1S/C10H11N5OS2/c1-15(2)10-14-13-9(18-10)12-11-8-6(16)4-3-5-7(8)17/h3-5,16-17H,1-2H3/b12-11+. The Morgan fingerprint density at radius 1 is 1.28 bits per heavy atom. The summed E-state index contributed by atoms with van der Waals surface area (Å²) in [5, 5.41) is 26.5. The Balaban J connectivity index is 2.24. The Labute approximate surface area is 113 Å². The van der Waals surface area contributed by atoms with Gasteiger partial charge in [-0.25, -0.2) is 0 Å². The lowest BCUT2D eigenvalue weighted by Gasteiger charge is -2.03. The minimum absolute atomic E-state index is 0.0311. The number of nitrogens with zero attached hydrogens (tertiary/aromatic N) is 5. The van der Waals surface area contributed by atoms with Gasteiger partial charge in [-0.3, -0.25) is 0 Å². The lowest BCUT2D eigenvalue weighted by atomic mass is 10.3. The zero-order valence-corrected chi connectivity index (χ0v) is 11.5. The maximum absolute atomic E-state index is 9.62. The van der Waals surface area contributed by atoms with Gasteiger partial charge in [-0.05, 0) is 12.1 Å². The maximum Gasteiger partial charge on any atom is 0.253 e. The molecule has 2 aromatic rings. The summed E-state index contributed by atoms with van der Waals surface area (Å²) in [5.74, 6) is 0.0311.